The fourth-order valence-corrected chi connectivity index (χ4v) is 5.78. The lowest BCUT2D eigenvalue weighted by Gasteiger charge is -2.26. The number of anilines is 1. The Balaban J connectivity index is 0.00000304. The molecule has 11 heteroatoms. The number of benzene rings is 2. The average molecular weight is 528 g/mol. The Morgan fingerprint density at radius 1 is 0.972 bits per heavy atom. The Hall–Kier alpha value is -3.76. The third-order valence-corrected chi connectivity index (χ3v) is 7.89. The average Bonchev–Trinajstić information content (AvgIpc) is 3.50. The fourth-order valence-electron chi connectivity index (χ4n) is 4.30. The number of aromatic nitrogens is 4. The van der Waals surface area contributed by atoms with E-state index in [2.05, 4.69) is 14.5 Å². The number of halogens is 1. The van der Waals surface area contributed by atoms with Gasteiger partial charge in [-0.2, -0.15) is 4.98 Å². The van der Waals surface area contributed by atoms with Crippen molar-refractivity contribution in [3.63, 3.8) is 0 Å². The number of rotatable bonds is 8. The molecule has 0 N–H and O–H groups in total. The van der Waals surface area contributed by atoms with Gasteiger partial charge >= 0.3 is 0 Å². The number of ether oxygens (including phenoxy) is 2. The van der Waals surface area contributed by atoms with E-state index in [4.69, 9.17) is 9.47 Å². The number of pyridine rings is 1. The number of fused-ring (bicyclic) bond motifs is 3. The Labute approximate surface area is 215 Å². The van der Waals surface area contributed by atoms with E-state index in [1.54, 1.807) is 43.0 Å². The van der Waals surface area contributed by atoms with Gasteiger partial charge in [0.25, 0.3) is 10.0 Å². The normalized spacial score (nSPS) is 11.4. The molecule has 0 radical (unpaired) electrons. The van der Waals surface area contributed by atoms with E-state index in [-0.39, 0.29) is 29.7 Å². The number of hydrogen-bond donors (Lipinski definition) is 0. The van der Waals surface area contributed by atoms with Crippen LogP contribution in [0.1, 0.15) is 0 Å². The van der Waals surface area contributed by atoms with Crippen molar-refractivity contribution in [3.05, 3.63) is 73.3 Å². The molecule has 0 saturated carbocycles. The predicted molar refractivity (Wildman–Crippen MR) is 142 cm³/mol. The van der Waals surface area contributed by atoms with Crippen LogP contribution in [0.25, 0.3) is 21.8 Å². The number of hydrogen-bond acceptors (Lipinski definition) is 6. The van der Waals surface area contributed by atoms with Gasteiger partial charge in [0.1, 0.15) is 5.69 Å². The standard InChI is InChI=1S/C25H25N5O4S.ClH/c1-28-21-7-5-4-6-19(21)20-16-18(8-9-22(20)28)35(31,32)30(15-14-29-13-12-26-17-29)23-10-11-24(33-2)27-25(23)34-3;/h4-13,16-17H,14-15H2,1-3H3;1H. The van der Waals surface area contributed by atoms with Crippen LogP contribution in [0, 0.1) is 0 Å². The number of aryl methyl sites for hydroxylation is 1. The van der Waals surface area contributed by atoms with Gasteiger partial charge in [-0.3, -0.25) is 4.31 Å². The number of para-hydroxylation sites is 1. The maximum Gasteiger partial charge on any atom is 0.264 e. The van der Waals surface area contributed by atoms with Gasteiger partial charge in [0.05, 0.1) is 32.0 Å². The van der Waals surface area contributed by atoms with Crippen molar-refractivity contribution in [1.82, 2.24) is 19.1 Å². The van der Waals surface area contributed by atoms with Crippen LogP contribution in [0.2, 0.25) is 0 Å². The minimum atomic E-state index is -3.98. The Kier molecular flexibility index (Phi) is 7.09. The molecule has 5 rings (SSSR count). The highest BCUT2D eigenvalue weighted by molar-refractivity contribution is 7.92. The molecule has 0 aliphatic rings. The Bertz CT molecular complexity index is 1620. The quantitative estimate of drug-likeness (QED) is 0.299. The molecule has 0 atom stereocenters. The van der Waals surface area contributed by atoms with E-state index in [9.17, 15) is 8.42 Å². The molecule has 3 heterocycles. The lowest BCUT2D eigenvalue weighted by Crippen LogP contribution is -2.34. The van der Waals surface area contributed by atoms with Crippen LogP contribution in [0.5, 0.6) is 11.8 Å². The van der Waals surface area contributed by atoms with Crippen molar-refractivity contribution in [3.8, 4) is 11.8 Å². The molecule has 5 aromatic rings. The van der Waals surface area contributed by atoms with Crippen LogP contribution in [-0.4, -0.2) is 48.3 Å². The van der Waals surface area contributed by atoms with Crippen LogP contribution in [-0.2, 0) is 23.6 Å². The monoisotopic (exact) mass is 527 g/mol. The highest BCUT2D eigenvalue weighted by atomic mass is 35.5. The topological polar surface area (TPSA) is 91.5 Å². The smallest absolute Gasteiger partial charge is 0.264 e. The van der Waals surface area contributed by atoms with Crippen molar-refractivity contribution >= 4 is 49.9 Å². The summed E-state index contributed by atoms with van der Waals surface area (Å²) in [6.45, 7) is 0.543. The molecular formula is C25H26ClN5O4S. The largest absolute Gasteiger partial charge is 0.481 e. The summed E-state index contributed by atoms with van der Waals surface area (Å²) in [6, 6.07) is 16.4. The number of sulfonamides is 1. The van der Waals surface area contributed by atoms with E-state index >= 15 is 0 Å². The van der Waals surface area contributed by atoms with Gasteiger partial charge < -0.3 is 18.6 Å². The molecule has 0 saturated heterocycles. The highest BCUT2D eigenvalue weighted by Gasteiger charge is 2.29. The second-order valence-corrected chi connectivity index (χ2v) is 9.88. The first-order valence-electron chi connectivity index (χ1n) is 11.0. The van der Waals surface area contributed by atoms with E-state index in [0.29, 0.717) is 18.1 Å². The second-order valence-electron chi connectivity index (χ2n) is 8.01. The van der Waals surface area contributed by atoms with Gasteiger partial charge in [-0.15, -0.1) is 12.4 Å². The van der Waals surface area contributed by atoms with E-state index in [0.717, 1.165) is 21.8 Å². The predicted octanol–water partition coefficient (Wildman–Crippen LogP) is 4.26. The first-order chi connectivity index (χ1) is 16.9. The van der Waals surface area contributed by atoms with Crippen molar-refractivity contribution in [1.29, 1.82) is 0 Å². The molecule has 0 aliphatic heterocycles. The first kappa shape index (κ1) is 25.3. The minimum Gasteiger partial charge on any atom is -0.481 e. The molecule has 0 spiro atoms. The summed E-state index contributed by atoms with van der Waals surface area (Å²) in [4.78, 5) is 8.54. The second kappa shape index (κ2) is 10.1. The number of imidazole rings is 1. The first-order valence-corrected chi connectivity index (χ1v) is 12.4. The highest BCUT2D eigenvalue weighted by Crippen LogP contribution is 2.35. The van der Waals surface area contributed by atoms with Crippen LogP contribution in [0.4, 0.5) is 5.69 Å². The molecule has 36 heavy (non-hydrogen) atoms. The van der Waals surface area contributed by atoms with Gasteiger partial charge in [-0.1, -0.05) is 18.2 Å². The van der Waals surface area contributed by atoms with E-state index < -0.39 is 10.0 Å². The fraction of sp³-hybridized carbons (Fsp3) is 0.200. The molecule has 9 nitrogen and oxygen atoms in total. The van der Waals surface area contributed by atoms with Gasteiger partial charge in [0.15, 0.2) is 0 Å². The SMILES string of the molecule is COc1ccc(N(CCn2ccnc2)S(=O)(=O)c2ccc3c(c2)c2ccccc2n3C)c(OC)n1.Cl. The zero-order valence-electron chi connectivity index (χ0n) is 20.0. The lowest BCUT2D eigenvalue weighted by atomic mass is 10.1. The zero-order chi connectivity index (χ0) is 24.6. The summed E-state index contributed by atoms with van der Waals surface area (Å²) in [5, 5.41) is 1.87. The van der Waals surface area contributed by atoms with E-state index in [1.807, 2.05) is 41.9 Å². The van der Waals surface area contributed by atoms with Crippen LogP contribution < -0.4 is 13.8 Å². The van der Waals surface area contributed by atoms with Gasteiger partial charge in [-0.05, 0) is 30.3 Å². The molecule has 0 unspecified atom stereocenters. The van der Waals surface area contributed by atoms with E-state index in [1.165, 1.54) is 18.5 Å². The summed E-state index contributed by atoms with van der Waals surface area (Å²) >= 11 is 0. The molecule has 0 bridgehead atoms. The van der Waals surface area contributed by atoms with Gasteiger partial charge in [0.2, 0.25) is 11.8 Å². The minimum absolute atomic E-state index is 0. The summed E-state index contributed by atoms with van der Waals surface area (Å²) in [5.41, 5.74) is 2.32. The maximum atomic E-state index is 14.1. The van der Waals surface area contributed by atoms with Crippen molar-refractivity contribution < 1.29 is 17.9 Å². The van der Waals surface area contributed by atoms with Gasteiger partial charge in [0, 0.05) is 53.9 Å². The summed E-state index contributed by atoms with van der Waals surface area (Å²) in [7, 11) is 0.942. The molecule has 0 aliphatic carbocycles. The van der Waals surface area contributed by atoms with Crippen molar-refractivity contribution in [2.75, 3.05) is 25.1 Å². The summed E-state index contributed by atoms with van der Waals surface area (Å²) < 4.78 is 44.0. The summed E-state index contributed by atoms with van der Waals surface area (Å²) in [6.07, 6.45) is 5.09. The number of methoxy groups -OCH3 is 2. The van der Waals surface area contributed by atoms with Crippen LogP contribution in [0.15, 0.2) is 78.2 Å². The van der Waals surface area contributed by atoms with Crippen LogP contribution >= 0.6 is 12.4 Å². The Morgan fingerprint density at radius 3 is 2.47 bits per heavy atom. The number of nitrogens with zero attached hydrogens (tertiary/aromatic N) is 5. The summed E-state index contributed by atoms with van der Waals surface area (Å²) in [5.74, 6) is 0.486. The molecule has 2 aromatic carbocycles. The van der Waals surface area contributed by atoms with Crippen molar-refractivity contribution in [2.45, 2.75) is 11.4 Å². The van der Waals surface area contributed by atoms with Gasteiger partial charge in [-0.25, -0.2) is 13.4 Å². The van der Waals surface area contributed by atoms with Crippen molar-refractivity contribution in [2.24, 2.45) is 7.05 Å². The molecule has 3 aromatic heterocycles. The lowest BCUT2D eigenvalue weighted by molar-refractivity contribution is 0.365. The molecular weight excluding hydrogens is 502 g/mol. The van der Waals surface area contributed by atoms with Crippen LogP contribution in [0.3, 0.4) is 0 Å². The Morgan fingerprint density at radius 2 is 1.75 bits per heavy atom. The molecule has 188 valence electrons. The molecule has 0 fully saturated rings. The maximum absolute atomic E-state index is 14.1. The third kappa shape index (κ3) is 4.33. The third-order valence-electron chi connectivity index (χ3n) is 6.08. The molecule has 0 amide bonds. The zero-order valence-corrected chi connectivity index (χ0v) is 21.7.